The van der Waals surface area contributed by atoms with Gasteiger partial charge in [-0.2, -0.15) is 0 Å². The Morgan fingerprint density at radius 2 is 2.42 bits per heavy atom. The van der Waals surface area contributed by atoms with Crippen molar-refractivity contribution in [3.05, 3.63) is 22.4 Å². The number of sulfonamides is 1. The van der Waals surface area contributed by atoms with E-state index in [4.69, 9.17) is 0 Å². The van der Waals surface area contributed by atoms with Crippen molar-refractivity contribution in [1.29, 1.82) is 0 Å². The molecule has 0 bridgehead atoms. The molecule has 0 aromatic carbocycles. The normalized spacial score (nSPS) is 22.3. The lowest BCUT2D eigenvalue weighted by atomic mass is 9.94. The number of hydrogen-bond acceptors (Lipinski definition) is 4. The summed E-state index contributed by atoms with van der Waals surface area (Å²) in [4.78, 5) is 1.12. The maximum atomic E-state index is 12.1. The molecule has 108 valence electrons. The van der Waals surface area contributed by atoms with Gasteiger partial charge in [0.15, 0.2) is 0 Å². The Bertz CT molecular complexity index is 465. The Morgan fingerprint density at radius 1 is 1.58 bits per heavy atom. The molecule has 1 aromatic rings. The van der Waals surface area contributed by atoms with E-state index in [1.165, 1.54) is 0 Å². The van der Waals surface area contributed by atoms with Gasteiger partial charge in [-0.25, -0.2) is 13.1 Å². The molecule has 0 saturated carbocycles. The van der Waals surface area contributed by atoms with E-state index in [1.54, 1.807) is 11.3 Å². The number of hydrogen-bond donors (Lipinski definition) is 2. The fourth-order valence-corrected chi connectivity index (χ4v) is 4.64. The van der Waals surface area contributed by atoms with Crippen LogP contribution in [0.3, 0.4) is 0 Å². The molecule has 1 aromatic heterocycles. The van der Waals surface area contributed by atoms with Gasteiger partial charge in [-0.05, 0) is 56.6 Å². The summed E-state index contributed by atoms with van der Waals surface area (Å²) in [5.74, 6) is 0.586. The summed E-state index contributed by atoms with van der Waals surface area (Å²) in [6, 6.07) is 3.95. The fraction of sp³-hybridized carbons (Fsp3) is 0.692. The molecule has 1 saturated heterocycles. The van der Waals surface area contributed by atoms with Crippen LogP contribution in [0.1, 0.15) is 24.6 Å². The molecule has 2 heterocycles. The highest BCUT2D eigenvalue weighted by Gasteiger charge is 2.23. The van der Waals surface area contributed by atoms with E-state index in [0.29, 0.717) is 12.3 Å². The van der Waals surface area contributed by atoms with Crippen LogP contribution in [0.5, 0.6) is 0 Å². The molecule has 4 nitrogen and oxygen atoms in total. The minimum Gasteiger partial charge on any atom is -0.316 e. The molecular formula is C13H22N2O2S2. The average Bonchev–Trinajstić information content (AvgIpc) is 2.90. The lowest BCUT2D eigenvalue weighted by molar-refractivity contribution is 0.320. The van der Waals surface area contributed by atoms with Crippen molar-refractivity contribution in [2.24, 2.45) is 5.92 Å². The summed E-state index contributed by atoms with van der Waals surface area (Å²) in [6.45, 7) is 3.93. The van der Waals surface area contributed by atoms with Crippen LogP contribution in [0.4, 0.5) is 0 Å². The third-order valence-electron chi connectivity index (χ3n) is 3.60. The Labute approximate surface area is 119 Å². The van der Waals surface area contributed by atoms with Gasteiger partial charge in [-0.3, -0.25) is 0 Å². The predicted molar refractivity (Wildman–Crippen MR) is 80.0 cm³/mol. The summed E-state index contributed by atoms with van der Waals surface area (Å²) >= 11 is 1.61. The summed E-state index contributed by atoms with van der Waals surface area (Å²) < 4.78 is 26.9. The number of nitrogens with one attached hydrogen (secondary N) is 2. The second-order valence-corrected chi connectivity index (χ2v) is 8.07. The molecule has 0 aliphatic carbocycles. The molecule has 0 radical (unpaired) electrons. The van der Waals surface area contributed by atoms with E-state index in [2.05, 4.69) is 10.0 Å². The average molecular weight is 302 g/mol. The van der Waals surface area contributed by atoms with E-state index in [0.717, 1.165) is 30.8 Å². The van der Waals surface area contributed by atoms with Gasteiger partial charge >= 0.3 is 0 Å². The van der Waals surface area contributed by atoms with Gasteiger partial charge in [0, 0.05) is 10.9 Å². The first kappa shape index (κ1) is 15.0. The first-order chi connectivity index (χ1) is 9.07. The van der Waals surface area contributed by atoms with Gasteiger partial charge in [0.05, 0.1) is 5.75 Å². The van der Waals surface area contributed by atoms with Crippen LogP contribution in [0.25, 0.3) is 0 Å². The van der Waals surface area contributed by atoms with Crippen molar-refractivity contribution in [2.75, 3.05) is 18.8 Å². The number of rotatable bonds is 6. The summed E-state index contributed by atoms with van der Waals surface area (Å²) in [6.07, 6.45) is 2.83. The number of thiophene rings is 1. The van der Waals surface area contributed by atoms with Crippen LogP contribution >= 0.6 is 11.3 Å². The van der Waals surface area contributed by atoms with Crippen LogP contribution in [0, 0.1) is 5.92 Å². The zero-order valence-corrected chi connectivity index (χ0v) is 12.9. The first-order valence-electron chi connectivity index (χ1n) is 6.80. The second kappa shape index (κ2) is 6.83. The summed E-state index contributed by atoms with van der Waals surface area (Å²) in [5.41, 5.74) is 0. The molecule has 1 fully saturated rings. The van der Waals surface area contributed by atoms with Crippen molar-refractivity contribution in [1.82, 2.24) is 10.0 Å². The van der Waals surface area contributed by atoms with Crippen LogP contribution in [0.15, 0.2) is 17.5 Å². The van der Waals surface area contributed by atoms with Crippen LogP contribution in [-0.4, -0.2) is 33.3 Å². The lowest BCUT2D eigenvalue weighted by Gasteiger charge is -2.28. The van der Waals surface area contributed by atoms with Gasteiger partial charge in [0.1, 0.15) is 0 Å². The Morgan fingerprint density at radius 3 is 3.05 bits per heavy atom. The Kier molecular flexibility index (Phi) is 5.38. The molecule has 1 aliphatic rings. The van der Waals surface area contributed by atoms with Crippen molar-refractivity contribution < 1.29 is 8.42 Å². The predicted octanol–water partition coefficient (Wildman–Crippen LogP) is 1.60. The zero-order valence-electron chi connectivity index (χ0n) is 11.3. The van der Waals surface area contributed by atoms with Crippen LogP contribution in [-0.2, 0) is 16.4 Å². The Balaban J connectivity index is 1.82. The maximum Gasteiger partial charge on any atom is 0.212 e. The minimum atomic E-state index is -3.18. The van der Waals surface area contributed by atoms with Crippen molar-refractivity contribution in [3.8, 4) is 0 Å². The smallest absolute Gasteiger partial charge is 0.212 e. The monoisotopic (exact) mass is 302 g/mol. The largest absolute Gasteiger partial charge is 0.316 e. The highest BCUT2D eigenvalue weighted by molar-refractivity contribution is 7.89. The topological polar surface area (TPSA) is 58.2 Å². The number of aryl methyl sites for hydroxylation is 1. The third kappa shape index (κ3) is 4.87. The summed E-state index contributed by atoms with van der Waals surface area (Å²) in [7, 11) is -3.18. The zero-order chi connectivity index (χ0) is 13.7. The molecular weight excluding hydrogens is 280 g/mol. The van der Waals surface area contributed by atoms with Crippen LogP contribution in [0.2, 0.25) is 0 Å². The quantitative estimate of drug-likeness (QED) is 0.839. The van der Waals surface area contributed by atoms with Gasteiger partial charge in [0.2, 0.25) is 10.0 Å². The lowest BCUT2D eigenvalue weighted by Crippen LogP contribution is -2.45. The van der Waals surface area contributed by atoms with Gasteiger partial charge < -0.3 is 5.32 Å². The van der Waals surface area contributed by atoms with Gasteiger partial charge in [-0.1, -0.05) is 6.07 Å². The Hall–Kier alpha value is -0.430. The van der Waals surface area contributed by atoms with E-state index < -0.39 is 10.0 Å². The third-order valence-corrected chi connectivity index (χ3v) is 6.01. The fourth-order valence-electron chi connectivity index (χ4n) is 2.43. The van der Waals surface area contributed by atoms with Crippen molar-refractivity contribution >= 4 is 21.4 Å². The number of piperidine rings is 1. The van der Waals surface area contributed by atoms with Crippen molar-refractivity contribution in [3.63, 3.8) is 0 Å². The standard InChI is InChI=1S/C13H22N2O2S2/c1-11(12-4-2-7-14-10-12)15-19(16,17)9-6-13-5-3-8-18-13/h3,5,8,11-12,14-15H,2,4,6-7,9-10H2,1H3. The highest BCUT2D eigenvalue weighted by Crippen LogP contribution is 2.15. The van der Waals surface area contributed by atoms with E-state index in [1.807, 2.05) is 24.4 Å². The molecule has 2 N–H and O–H groups in total. The molecule has 2 atom stereocenters. The molecule has 2 unspecified atom stereocenters. The van der Waals surface area contributed by atoms with E-state index >= 15 is 0 Å². The van der Waals surface area contributed by atoms with Gasteiger partial charge in [0.25, 0.3) is 0 Å². The van der Waals surface area contributed by atoms with E-state index in [-0.39, 0.29) is 11.8 Å². The molecule has 0 amide bonds. The SMILES string of the molecule is CC(NS(=O)(=O)CCc1cccs1)C1CCCNC1. The summed E-state index contributed by atoms with van der Waals surface area (Å²) in [5, 5.41) is 5.30. The van der Waals surface area contributed by atoms with E-state index in [9.17, 15) is 8.42 Å². The molecule has 1 aliphatic heterocycles. The molecule has 2 rings (SSSR count). The molecule has 0 spiro atoms. The minimum absolute atomic E-state index is 0.0149. The highest BCUT2D eigenvalue weighted by atomic mass is 32.2. The molecule has 6 heteroatoms. The second-order valence-electron chi connectivity index (χ2n) is 5.16. The maximum absolute atomic E-state index is 12.1. The van der Waals surface area contributed by atoms with Crippen molar-refractivity contribution in [2.45, 2.75) is 32.2 Å². The first-order valence-corrected chi connectivity index (χ1v) is 9.33. The van der Waals surface area contributed by atoms with Gasteiger partial charge in [-0.15, -0.1) is 11.3 Å². The molecule has 19 heavy (non-hydrogen) atoms. The van der Waals surface area contributed by atoms with Crippen LogP contribution < -0.4 is 10.0 Å².